The molecule has 0 fully saturated rings. The number of rotatable bonds is 8. The van der Waals surface area contributed by atoms with E-state index in [0.717, 1.165) is 43.4 Å². The number of benzene rings is 2. The van der Waals surface area contributed by atoms with E-state index < -0.39 is 0 Å². The Hall–Kier alpha value is -2.69. The standard InChI is InChI=1S/C21H29N3O2/c1-16-9-10-20(26-4)18(15-16)12-14-24-21(22-2)23-13-11-17-7-5-6-8-19(17)25-3/h5-10,15H,11-14H2,1-4H3,(H2,22,23,24). The lowest BCUT2D eigenvalue weighted by Gasteiger charge is -2.14. The van der Waals surface area contributed by atoms with E-state index >= 15 is 0 Å². The largest absolute Gasteiger partial charge is 0.496 e. The van der Waals surface area contributed by atoms with Gasteiger partial charge in [-0.15, -0.1) is 0 Å². The molecule has 26 heavy (non-hydrogen) atoms. The molecule has 0 aliphatic carbocycles. The van der Waals surface area contributed by atoms with E-state index in [2.05, 4.69) is 40.7 Å². The molecule has 0 aliphatic rings. The van der Waals surface area contributed by atoms with Gasteiger partial charge in [-0.25, -0.2) is 0 Å². The van der Waals surface area contributed by atoms with Crippen LogP contribution in [0.4, 0.5) is 0 Å². The predicted octanol–water partition coefficient (Wildman–Crippen LogP) is 2.96. The third-order valence-electron chi connectivity index (χ3n) is 4.23. The molecule has 140 valence electrons. The highest BCUT2D eigenvalue weighted by molar-refractivity contribution is 5.79. The SMILES string of the molecule is CN=C(NCCc1ccccc1OC)NCCc1cc(C)ccc1OC. The molecule has 0 amide bonds. The van der Waals surface area contributed by atoms with Crippen LogP contribution in [-0.2, 0) is 12.8 Å². The first kappa shape index (κ1) is 19.6. The maximum Gasteiger partial charge on any atom is 0.190 e. The first-order valence-electron chi connectivity index (χ1n) is 8.88. The molecule has 0 aliphatic heterocycles. The summed E-state index contributed by atoms with van der Waals surface area (Å²) in [7, 11) is 5.19. The lowest BCUT2D eigenvalue weighted by atomic mass is 10.1. The van der Waals surface area contributed by atoms with Gasteiger partial charge in [-0.05, 0) is 43.0 Å². The molecule has 0 unspecified atom stereocenters. The van der Waals surface area contributed by atoms with Crippen molar-refractivity contribution in [3.05, 3.63) is 59.2 Å². The van der Waals surface area contributed by atoms with Gasteiger partial charge in [0.25, 0.3) is 0 Å². The van der Waals surface area contributed by atoms with Gasteiger partial charge in [-0.1, -0.05) is 35.9 Å². The van der Waals surface area contributed by atoms with Crippen molar-refractivity contribution in [1.29, 1.82) is 0 Å². The van der Waals surface area contributed by atoms with Crippen molar-refractivity contribution >= 4 is 5.96 Å². The van der Waals surface area contributed by atoms with Crippen molar-refractivity contribution < 1.29 is 9.47 Å². The molecule has 5 heteroatoms. The summed E-state index contributed by atoms with van der Waals surface area (Å²) in [4.78, 5) is 4.29. The number of guanidine groups is 1. The molecular formula is C21H29N3O2. The molecule has 0 bridgehead atoms. The van der Waals surface area contributed by atoms with Gasteiger partial charge in [0.05, 0.1) is 14.2 Å². The van der Waals surface area contributed by atoms with Crippen LogP contribution >= 0.6 is 0 Å². The van der Waals surface area contributed by atoms with E-state index in [1.165, 1.54) is 16.7 Å². The molecule has 0 spiro atoms. The summed E-state index contributed by atoms with van der Waals surface area (Å²) >= 11 is 0. The normalized spacial score (nSPS) is 11.2. The highest BCUT2D eigenvalue weighted by atomic mass is 16.5. The van der Waals surface area contributed by atoms with Gasteiger partial charge in [-0.3, -0.25) is 4.99 Å². The quantitative estimate of drug-likeness (QED) is 0.565. The number of hydrogen-bond donors (Lipinski definition) is 2. The Morgan fingerprint density at radius 1 is 0.885 bits per heavy atom. The molecule has 2 N–H and O–H groups in total. The molecule has 5 nitrogen and oxygen atoms in total. The van der Waals surface area contributed by atoms with E-state index in [1.54, 1.807) is 21.3 Å². The molecule has 0 saturated heterocycles. The van der Waals surface area contributed by atoms with E-state index in [-0.39, 0.29) is 0 Å². The first-order valence-corrected chi connectivity index (χ1v) is 8.88. The van der Waals surface area contributed by atoms with Crippen LogP contribution in [0, 0.1) is 6.92 Å². The van der Waals surface area contributed by atoms with Gasteiger partial charge < -0.3 is 20.1 Å². The third kappa shape index (κ3) is 5.69. The summed E-state index contributed by atoms with van der Waals surface area (Å²) in [6, 6.07) is 14.3. The summed E-state index contributed by atoms with van der Waals surface area (Å²) in [5.41, 5.74) is 3.62. The molecule has 2 aromatic rings. The maximum absolute atomic E-state index is 5.43. The number of methoxy groups -OCH3 is 2. The van der Waals surface area contributed by atoms with Crippen LogP contribution in [0.5, 0.6) is 11.5 Å². The lowest BCUT2D eigenvalue weighted by Crippen LogP contribution is -2.39. The second kappa shape index (κ2) is 10.3. The number of nitrogens with one attached hydrogen (secondary N) is 2. The van der Waals surface area contributed by atoms with E-state index in [1.807, 2.05) is 24.3 Å². The average molecular weight is 355 g/mol. The summed E-state index contributed by atoms with van der Waals surface area (Å²) in [5.74, 6) is 2.65. The smallest absolute Gasteiger partial charge is 0.190 e. The molecule has 2 rings (SSSR count). The summed E-state index contributed by atoms with van der Waals surface area (Å²) in [6.45, 7) is 3.66. The van der Waals surface area contributed by atoms with Crippen molar-refractivity contribution in [3.63, 3.8) is 0 Å². The monoisotopic (exact) mass is 355 g/mol. The second-order valence-electron chi connectivity index (χ2n) is 6.05. The topological polar surface area (TPSA) is 54.9 Å². The third-order valence-corrected chi connectivity index (χ3v) is 4.23. The fraction of sp³-hybridized carbons (Fsp3) is 0.381. The zero-order chi connectivity index (χ0) is 18.8. The van der Waals surface area contributed by atoms with Crippen LogP contribution in [0.25, 0.3) is 0 Å². The summed E-state index contributed by atoms with van der Waals surface area (Å²) < 4.78 is 10.8. The minimum Gasteiger partial charge on any atom is -0.496 e. The minimum atomic E-state index is 0.786. The Kier molecular flexibility index (Phi) is 7.80. The van der Waals surface area contributed by atoms with Gasteiger partial charge in [0.1, 0.15) is 11.5 Å². The number of aryl methyl sites for hydroxylation is 1. The Balaban J connectivity index is 1.80. The van der Waals surface area contributed by atoms with Gasteiger partial charge in [0, 0.05) is 20.1 Å². The van der Waals surface area contributed by atoms with E-state index in [9.17, 15) is 0 Å². The molecule has 0 saturated carbocycles. The summed E-state index contributed by atoms with van der Waals surface area (Å²) in [5, 5.41) is 6.70. The molecular weight excluding hydrogens is 326 g/mol. The number of ether oxygens (including phenoxy) is 2. The molecule has 0 heterocycles. The zero-order valence-electron chi connectivity index (χ0n) is 16.1. The predicted molar refractivity (Wildman–Crippen MR) is 107 cm³/mol. The van der Waals surface area contributed by atoms with Crippen molar-refractivity contribution in [3.8, 4) is 11.5 Å². The fourth-order valence-corrected chi connectivity index (χ4v) is 2.86. The Bertz CT molecular complexity index is 729. The first-order chi connectivity index (χ1) is 12.7. The highest BCUT2D eigenvalue weighted by Gasteiger charge is 2.05. The van der Waals surface area contributed by atoms with Crippen molar-refractivity contribution in [2.45, 2.75) is 19.8 Å². The molecule has 0 atom stereocenters. The lowest BCUT2D eigenvalue weighted by molar-refractivity contribution is 0.409. The number of hydrogen-bond acceptors (Lipinski definition) is 3. The van der Waals surface area contributed by atoms with Crippen LogP contribution < -0.4 is 20.1 Å². The zero-order valence-corrected chi connectivity index (χ0v) is 16.1. The minimum absolute atomic E-state index is 0.786. The van der Waals surface area contributed by atoms with Crippen LogP contribution in [0.3, 0.4) is 0 Å². The number of nitrogens with zero attached hydrogens (tertiary/aromatic N) is 1. The number of aliphatic imine (C=N–C) groups is 1. The van der Waals surface area contributed by atoms with Gasteiger partial charge in [0.2, 0.25) is 0 Å². The Morgan fingerprint density at radius 3 is 2.15 bits per heavy atom. The second-order valence-corrected chi connectivity index (χ2v) is 6.05. The fourth-order valence-electron chi connectivity index (χ4n) is 2.86. The molecule has 0 aromatic heterocycles. The average Bonchev–Trinajstić information content (AvgIpc) is 2.67. The molecule has 0 radical (unpaired) electrons. The van der Waals surface area contributed by atoms with Crippen LogP contribution in [0.15, 0.2) is 47.5 Å². The summed E-state index contributed by atoms with van der Waals surface area (Å²) in [6.07, 6.45) is 1.74. The van der Waals surface area contributed by atoms with Gasteiger partial charge >= 0.3 is 0 Å². The van der Waals surface area contributed by atoms with Gasteiger partial charge in [-0.2, -0.15) is 0 Å². The maximum atomic E-state index is 5.43. The Morgan fingerprint density at radius 2 is 1.50 bits per heavy atom. The Labute approximate surface area is 156 Å². The van der Waals surface area contributed by atoms with Crippen LogP contribution in [0.2, 0.25) is 0 Å². The van der Waals surface area contributed by atoms with Crippen molar-refractivity contribution in [1.82, 2.24) is 10.6 Å². The van der Waals surface area contributed by atoms with Crippen molar-refractivity contribution in [2.75, 3.05) is 34.4 Å². The highest BCUT2D eigenvalue weighted by Crippen LogP contribution is 2.20. The van der Waals surface area contributed by atoms with Crippen molar-refractivity contribution in [2.24, 2.45) is 4.99 Å². The van der Waals surface area contributed by atoms with Gasteiger partial charge in [0.15, 0.2) is 5.96 Å². The number of para-hydroxylation sites is 1. The van der Waals surface area contributed by atoms with E-state index in [4.69, 9.17) is 9.47 Å². The van der Waals surface area contributed by atoms with Crippen LogP contribution in [0.1, 0.15) is 16.7 Å². The molecule has 2 aromatic carbocycles. The van der Waals surface area contributed by atoms with E-state index in [0.29, 0.717) is 0 Å². The van der Waals surface area contributed by atoms with Crippen LogP contribution in [-0.4, -0.2) is 40.3 Å².